The van der Waals surface area contributed by atoms with Crippen molar-refractivity contribution < 1.29 is 23.7 Å². The molecule has 0 aromatic heterocycles. The lowest BCUT2D eigenvalue weighted by molar-refractivity contribution is 0.0692. The first-order chi connectivity index (χ1) is 15.4. The Hall–Kier alpha value is -3.20. The van der Waals surface area contributed by atoms with E-state index in [1.807, 2.05) is 0 Å². The number of carboxylic acids is 1. The van der Waals surface area contributed by atoms with Gasteiger partial charge >= 0.3 is 5.97 Å². The first-order valence-corrected chi connectivity index (χ1v) is 12.5. The summed E-state index contributed by atoms with van der Waals surface area (Å²) >= 11 is 12.2. The van der Waals surface area contributed by atoms with Crippen molar-refractivity contribution in [3.05, 3.63) is 87.4 Å². The van der Waals surface area contributed by atoms with Crippen molar-refractivity contribution in [3.8, 4) is 11.1 Å². The van der Waals surface area contributed by atoms with Crippen molar-refractivity contribution in [1.29, 1.82) is 0 Å². The Morgan fingerprint density at radius 3 is 2.30 bits per heavy atom. The predicted octanol–water partition coefficient (Wildman–Crippen LogP) is 5.48. The van der Waals surface area contributed by atoms with E-state index in [0.717, 1.165) is 12.1 Å². The number of anilines is 1. The molecular formula is C23H18Cl2N2O5S. The fourth-order valence-electron chi connectivity index (χ4n) is 2.99. The number of amides is 2. The Labute approximate surface area is 200 Å². The van der Waals surface area contributed by atoms with Crippen LogP contribution in [0.25, 0.3) is 11.1 Å². The van der Waals surface area contributed by atoms with Crippen molar-refractivity contribution in [1.82, 2.24) is 0 Å². The highest BCUT2D eigenvalue weighted by Crippen LogP contribution is 2.31. The van der Waals surface area contributed by atoms with Gasteiger partial charge in [-0.05, 0) is 48.0 Å². The van der Waals surface area contributed by atoms with Gasteiger partial charge in [0.1, 0.15) is 0 Å². The molecule has 0 atom stereocenters. The van der Waals surface area contributed by atoms with Crippen LogP contribution in [0.4, 0.5) is 5.69 Å². The molecule has 33 heavy (non-hydrogen) atoms. The minimum atomic E-state index is -2.73. The fraction of sp³-hybridized carbons (Fsp3) is 0.0870. The van der Waals surface area contributed by atoms with E-state index in [4.69, 9.17) is 23.2 Å². The summed E-state index contributed by atoms with van der Waals surface area (Å²) in [5.74, 6) is -2.89. The van der Waals surface area contributed by atoms with E-state index < -0.39 is 27.5 Å². The minimum absolute atomic E-state index is 0.0525. The van der Waals surface area contributed by atoms with Crippen LogP contribution < -0.4 is 5.32 Å². The average molecular weight is 505 g/mol. The second-order valence-electron chi connectivity index (χ2n) is 7.30. The molecule has 10 heteroatoms. The molecule has 0 bridgehead atoms. The first kappa shape index (κ1) is 24.4. The summed E-state index contributed by atoms with van der Waals surface area (Å²) in [6.07, 6.45) is 2.59. The molecule has 0 spiro atoms. The molecule has 3 aromatic rings. The molecule has 0 fully saturated rings. The Kier molecular flexibility index (Phi) is 7.22. The number of carboxylic acid groups (broad SMARTS) is 1. The molecule has 0 saturated heterocycles. The van der Waals surface area contributed by atoms with Crippen LogP contribution in [0.15, 0.2) is 65.0 Å². The topological polar surface area (TPSA) is 113 Å². The maximum atomic E-state index is 12.9. The van der Waals surface area contributed by atoms with E-state index in [1.165, 1.54) is 18.6 Å². The van der Waals surface area contributed by atoms with Crippen molar-refractivity contribution in [2.24, 2.45) is 4.36 Å². The molecule has 0 aliphatic rings. The van der Waals surface area contributed by atoms with Gasteiger partial charge in [0.05, 0.1) is 11.1 Å². The molecule has 0 heterocycles. The molecule has 7 nitrogen and oxygen atoms in total. The summed E-state index contributed by atoms with van der Waals surface area (Å²) in [6, 6.07) is 15.3. The summed E-state index contributed by atoms with van der Waals surface area (Å²) in [7, 11) is -2.73. The van der Waals surface area contributed by atoms with E-state index in [1.54, 1.807) is 42.5 Å². The van der Waals surface area contributed by atoms with Gasteiger partial charge in [-0.25, -0.2) is 9.00 Å². The number of hydrogen-bond donors (Lipinski definition) is 2. The van der Waals surface area contributed by atoms with E-state index in [2.05, 4.69) is 9.68 Å². The Morgan fingerprint density at radius 2 is 1.67 bits per heavy atom. The molecule has 0 aliphatic heterocycles. The molecule has 0 radical (unpaired) electrons. The second kappa shape index (κ2) is 9.74. The van der Waals surface area contributed by atoms with E-state index >= 15 is 0 Å². The first-order valence-electron chi connectivity index (χ1n) is 9.40. The van der Waals surface area contributed by atoms with Crippen LogP contribution in [-0.2, 0) is 9.73 Å². The van der Waals surface area contributed by atoms with Gasteiger partial charge in [-0.1, -0.05) is 41.4 Å². The SMILES string of the molecule is CS(C)(=O)=NC(=O)c1ccc(C(=O)O)c(C(=O)Nc2cccc(-c3ccc(Cl)cc3Cl)c2)c1. The van der Waals surface area contributed by atoms with Crippen LogP contribution in [0, 0.1) is 0 Å². The monoisotopic (exact) mass is 504 g/mol. The third-order valence-electron chi connectivity index (χ3n) is 4.41. The molecule has 170 valence electrons. The molecule has 0 aliphatic carbocycles. The fourth-order valence-corrected chi connectivity index (χ4v) is 4.01. The van der Waals surface area contributed by atoms with E-state index in [0.29, 0.717) is 26.9 Å². The Morgan fingerprint density at radius 1 is 0.939 bits per heavy atom. The van der Waals surface area contributed by atoms with Gasteiger partial charge < -0.3 is 10.4 Å². The molecule has 0 saturated carbocycles. The van der Waals surface area contributed by atoms with Gasteiger partial charge in [0.2, 0.25) is 0 Å². The summed E-state index contributed by atoms with van der Waals surface area (Å²) in [6.45, 7) is 0. The molecule has 3 aromatic carbocycles. The Bertz CT molecular complexity index is 1400. The number of benzene rings is 3. The maximum absolute atomic E-state index is 12.9. The zero-order chi connectivity index (χ0) is 24.3. The summed E-state index contributed by atoms with van der Waals surface area (Å²) < 4.78 is 15.4. The van der Waals surface area contributed by atoms with Crippen LogP contribution in [0.3, 0.4) is 0 Å². The predicted molar refractivity (Wildman–Crippen MR) is 130 cm³/mol. The van der Waals surface area contributed by atoms with Crippen LogP contribution in [0.5, 0.6) is 0 Å². The average Bonchev–Trinajstić information content (AvgIpc) is 2.72. The zero-order valence-electron chi connectivity index (χ0n) is 17.5. The lowest BCUT2D eigenvalue weighted by Crippen LogP contribution is -2.17. The van der Waals surface area contributed by atoms with Gasteiger partial charge in [0.25, 0.3) is 11.8 Å². The number of hydrogen-bond acceptors (Lipinski definition) is 4. The number of halogens is 2. The van der Waals surface area contributed by atoms with Crippen LogP contribution in [-0.4, -0.2) is 39.6 Å². The summed E-state index contributed by atoms with van der Waals surface area (Å²) in [5, 5.41) is 13.0. The molecule has 2 N–H and O–H groups in total. The summed E-state index contributed by atoms with van der Waals surface area (Å²) in [5.41, 5.74) is 1.19. The molecule has 2 amide bonds. The number of rotatable bonds is 5. The highest BCUT2D eigenvalue weighted by atomic mass is 35.5. The van der Waals surface area contributed by atoms with Crippen LogP contribution >= 0.6 is 23.2 Å². The van der Waals surface area contributed by atoms with Crippen molar-refractivity contribution in [3.63, 3.8) is 0 Å². The van der Waals surface area contributed by atoms with Gasteiger partial charge in [0.15, 0.2) is 0 Å². The normalized spacial score (nSPS) is 11.0. The third kappa shape index (κ3) is 6.19. The number of carbonyl (C=O) groups is 3. The number of nitrogens with one attached hydrogen (secondary N) is 1. The van der Waals surface area contributed by atoms with E-state index in [-0.39, 0.29) is 16.7 Å². The number of aromatic carboxylic acids is 1. The van der Waals surface area contributed by atoms with Crippen molar-refractivity contribution >= 4 is 56.4 Å². The lowest BCUT2D eigenvalue weighted by Gasteiger charge is -2.11. The number of nitrogens with zero attached hydrogens (tertiary/aromatic N) is 1. The highest BCUT2D eigenvalue weighted by Gasteiger charge is 2.20. The van der Waals surface area contributed by atoms with Gasteiger partial charge in [-0.2, -0.15) is 4.36 Å². The van der Waals surface area contributed by atoms with Crippen LogP contribution in [0.1, 0.15) is 31.1 Å². The minimum Gasteiger partial charge on any atom is -0.478 e. The van der Waals surface area contributed by atoms with Crippen molar-refractivity contribution in [2.75, 3.05) is 17.8 Å². The molecule has 0 unspecified atom stereocenters. The number of carbonyl (C=O) groups excluding carboxylic acids is 2. The van der Waals surface area contributed by atoms with Crippen molar-refractivity contribution in [2.45, 2.75) is 0 Å². The quantitative estimate of drug-likeness (QED) is 0.477. The van der Waals surface area contributed by atoms with Gasteiger partial charge in [-0.3, -0.25) is 9.59 Å². The van der Waals surface area contributed by atoms with Crippen LogP contribution in [0.2, 0.25) is 10.0 Å². The molecule has 3 rings (SSSR count). The van der Waals surface area contributed by atoms with Gasteiger partial charge in [-0.15, -0.1) is 0 Å². The second-order valence-corrected chi connectivity index (χ2v) is 10.7. The lowest BCUT2D eigenvalue weighted by atomic mass is 10.0. The molecular weight excluding hydrogens is 487 g/mol. The Balaban J connectivity index is 1.97. The summed E-state index contributed by atoms with van der Waals surface area (Å²) in [4.78, 5) is 36.9. The highest BCUT2D eigenvalue weighted by molar-refractivity contribution is 7.92. The smallest absolute Gasteiger partial charge is 0.336 e. The van der Waals surface area contributed by atoms with Gasteiger partial charge in [0, 0.05) is 49.1 Å². The maximum Gasteiger partial charge on any atom is 0.336 e. The third-order valence-corrected chi connectivity index (χ3v) is 5.56. The largest absolute Gasteiger partial charge is 0.478 e. The zero-order valence-corrected chi connectivity index (χ0v) is 19.8. The van der Waals surface area contributed by atoms with E-state index in [9.17, 15) is 23.7 Å². The standard InChI is InChI=1S/C23H18Cl2N2O5S/c1-33(2,32)27-21(28)14-6-8-18(23(30)31)19(11-14)22(29)26-16-5-3-4-13(10-16)17-9-7-15(24)12-20(17)25/h3-12H,1-2H3,(H,26,29)(H,30,31).